The first-order chi connectivity index (χ1) is 15.5. The molecule has 0 aromatic heterocycles. The molecule has 1 heterocycles. The zero-order chi connectivity index (χ0) is 22.7. The lowest BCUT2D eigenvalue weighted by molar-refractivity contribution is 0.171. The summed E-state index contributed by atoms with van der Waals surface area (Å²) in [4.78, 5) is 4.83. The lowest BCUT2D eigenvalue weighted by Crippen LogP contribution is -2.49. The average molecular weight is 460 g/mol. The highest BCUT2D eigenvalue weighted by Gasteiger charge is 2.32. The zero-order valence-electron chi connectivity index (χ0n) is 17.8. The van der Waals surface area contributed by atoms with Gasteiger partial charge in [-0.25, -0.2) is 0 Å². The largest absolute Gasteiger partial charge is 0.361 e. The number of benzene rings is 3. The van der Waals surface area contributed by atoms with Crippen LogP contribution in [0.25, 0.3) is 0 Å². The van der Waals surface area contributed by atoms with Crippen LogP contribution in [0.3, 0.4) is 0 Å². The molecule has 3 aromatic rings. The lowest BCUT2D eigenvalue weighted by atomic mass is 9.98. The molecule has 4 rings (SSSR count). The van der Waals surface area contributed by atoms with Crippen LogP contribution in [-0.2, 0) is 0 Å². The first-order valence-corrected chi connectivity index (χ1v) is 11.3. The van der Waals surface area contributed by atoms with Crippen LogP contribution in [0.5, 0.6) is 0 Å². The molecule has 1 fully saturated rings. The van der Waals surface area contributed by atoms with E-state index in [2.05, 4.69) is 40.8 Å². The molecule has 0 saturated carbocycles. The fraction of sp³-hybridized carbons (Fsp3) is 0.222. The Kier molecular flexibility index (Phi) is 6.73. The minimum atomic E-state index is 0.107. The summed E-state index contributed by atoms with van der Waals surface area (Å²) in [6.45, 7) is 4.75. The van der Waals surface area contributed by atoms with Crippen molar-refractivity contribution < 1.29 is 0 Å². The number of piperazine rings is 1. The number of terminal acetylenes is 1. The summed E-state index contributed by atoms with van der Waals surface area (Å²) in [7, 11) is 0. The van der Waals surface area contributed by atoms with Crippen molar-refractivity contribution in [2.45, 2.75) is 19.0 Å². The molecular weight excluding hydrogens is 437 g/mol. The van der Waals surface area contributed by atoms with Crippen LogP contribution in [0.2, 0.25) is 10.0 Å². The maximum Gasteiger partial charge on any atom is 0.0991 e. The predicted molar refractivity (Wildman–Crippen MR) is 132 cm³/mol. The Balaban J connectivity index is 1.65. The summed E-state index contributed by atoms with van der Waals surface area (Å²) in [6, 6.07) is 24.2. The third-order valence-corrected chi connectivity index (χ3v) is 6.71. The van der Waals surface area contributed by atoms with Gasteiger partial charge in [-0.3, -0.25) is 4.90 Å². The van der Waals surface area contributed by atoms with Gasteiger partial charge in [0.05, 0.1) is 28.4 Å². The van der Waals surface area contributed by atoms with Crippen LogP contribution in [-0.4, -0.2) is 24.5 Å². The third kappa shape index (κ3) is 4.62. The minimum absolute atomic E-state index is 0.107. The lowest BCUT2D eigenvalue weighted by Gasteiger charge is -2.45. The van der Waals surface area contributed by atoms with E-state index in [1.54, 1.807) is 0 Å². The van der Waals surface area contributed by atoms with E-state index in [1.807, 2.05) is 54.6 Å². The molecule has 1 aliphatic rings. The van der Waals surface area contributed by atoms with Crippen molar-refractivity contribution in [1.29, 1.82) is 5.26 Å². The maximum absolute atomic E-state index is 9.09. The third-order valence-electron chi connectivity index (χ3n) is 6.16. The summed E-state index contributed by atoms with van der Waals surface area (Å²) < 4.78 is 0. The molecule has 0 bridgehead atoms. The minimum Gasteiger partial charge on any atom is -0.361 e. The molecule has 2 atom stereocenters. The Labute approximate surface area is 199 Å². The summed E-state index contributed by atoms with van der Waals surface area (Å²) in [5.74, 6) is 2.65. The zero-order valence-corrected chi connectivity index (χ0v) is 19.3. The Morgan fingerprint density at radius 1 is 0.969 bits per heavy atom. The Morgan fingerprint density at radius 2 is 1.66 bits per heavy atom. The number of anilines is 1. The molecule has 160 valence electrons. The maximum atomic E-state index is 9.09. The van der Waals surface area contributed by atoms with E-state index in [9.17, 15) is 0 Å². The Hall–Kier alpha value is -2.95. The van der Waals surface area contributed by atoms with Gasteiger partial charge in [-0.2, -0.15) is 5.26 Å². The van der Waals surface area contributed by atoms with Gasteiger partial charge in [0.15, 0.2) is 0 Å². The van der Waals surface area contributed by atoms with Gasteiger partial charge in [0.2, 0.25) is 0 Å². The molecule has 1 saturated heterocycles. The van der Waals surface area contributed by atoms with E-state index in [1.165, 1.54) is 11.1 Å². The molecule has 0 radical (unpaired) electrons. The van der Waals surface area contributed by atoms with E-state index in [0.29, 0.717) is 10.6 Å². The molecule has 2 unspecified atom stereocenters. The van der Waals surface area contributed by atoms with E-state index < -0.39 is 0 Å². The van der Waals surface area contributed by atoms with Crippen molar-refractivity contribution in [1.82, 2.24) is 4.90 Å². The monoisotopic (exact) mass is 459 g/mol. The van der Waals surface area contributed by atoms with Gasteiger partial charge in [0.1, 0.15) is 0 Å². The van der Waals surface area contributed by atoms with Crippen LogP contribution in [0.1, 0.15) is 41.3 Å². The summed E-state index contributed by atoms with van der Waals surface area (Å²) in [5, 5.41) is 10.5. The van der Waals surface area contributed by atoms with Crippen molar-refractivity contribution in [2.75, 3.05) is 24.5 Å². The SMILES string of the molecule is C#Cc1ccc(N2CCN(C(C)c3ccc(C#N)cc3)CC2c2ccc(Cl)cc2)c(Cl)c1. The van der Waals surface area contributed by atoms with Gasteiger partial charge in [0.25, 0.3) is 0 Å². The topological polar surface area (TPSA) is 30.3 Å². The second-order valence-electron chi connectivity index (χ2n) is 7.98. The molecule has 1 aliphatic heterocycles. The van der Waals surface area contributed by atoms with Crippen molar-refractivity contribution in [3.8, 4) is 18.4 Å². The fourth-order valence-electron chi connectivity index (χ4n) is 4.29. The van der Waals surface area contributed by atoms with Crippen LogP contribution < -0.4 is 4.90 Å². The number of nitriles is 1. The molecule has 0 N–H and O–H groups in total. The highest BCUT2D eigenvalue weighted by molar-refractivity contribution is 6.33. The van der Waals surface area contributed by atoms with E-state index in [-0.39, 0.29) is 12.1 Å². The number of hydrogen-bond acceptors (Lipinski definition) is 3. The van der Waals surface area contributed by atoms with Gasteiger partial charge in [-0.05, 0) is 60.5 Å². The second-order valence-corrected chi connectivity index (χ2v) is 8.82. The number of rotatable bonds is 4. The van der Waals surface area contributed by atoms with Crippen LogP contribution >= 0.6 is 23.2 Å². The van der Waals surface area contributed by atoms with Gasteiger partial charge in [0, 0.05) is 36.3 Å². The van der Waals surface area contributed by atoms with Crippen molar-refractivity contribution in [3.05, 3.63) is 99.0 Å². The van der Waals surface area contributed by atoms with Gasteiger partial charge in [-0.15, -0.1) is 6.42 Å². The average Bonchev–Trinajstić information content (AvgIpc) is 2.84. The molecule has 0 aliphatic carbocycles. The van der Waals surface area contributed by atoms with Crippen LogP contribution in [0.15, 0.2) is 66.7 Å². The van der Waals surface area contributed by atoms with Gasteiger partial charge >= 0.3 is 0 Å². The molecule has 0 spiro atoms. The Bertz CT molecular complexity index is 1170. The second kappa shape index (κ2) is 9.68. The normalized spacial score (nSPS) is 17.4. The highest BCUT2D eigenvalue weighted by atomic mass is 35.5. The molecular formula is C27H23Cl2N3. The van der Waals surface area contributed by atoms with Crippen molar-refractivity contribution in [2.24, 2.45) is 0 Å². The Morgan fingerprint density at radius 3 is 2.28 bits per heavy atom. The summed E-state index contributed by atoms with van der Waals surface area (Å²) in [6.07, 6.45) is 5.55. The van der Waals surface area contributed by atoms with Crippen molar-refractivity contribution >= 4 is 28.9 Å². The number of hydrogen-bond donors (Lipinski definition) is 0. The molecule has 3 nitrogen and oxygen atoms in total. The molecule has 0 amide bonds. The highest BCUT2D eigenvalue weighted by Crippen LogP contribution is 2.38. The smallest absolute Gasteiger partial charge is 0.0991 e. The molecule has 32 heavy (non-hydrogen) atoms. The molecule has 3 aromatic carbocycles. The fourth-order valence-corrected chi connectivity index (χ4v) is 4.71. The molecule has 5 heteroatoms. The van der Waals surface area contributed by atoms with E-state index in [4.69, 9.17) is 34.9 Å². The summed E-state index contributed by atoms with van der Waals surface area (Å²) in [5.41, 5.74) is 4.81. The quantitative estimate of drug-likeness (QED) is 0.418. The van der Waals surface area contributed by atoms with Crippen LogP contribution in [0.4, 0.5) is 5.69 Å². The first-order valence-electron chi connectivity index (χ1n) is 10.5. The van der Waals surface area contributed by atoms with Crippen LogP contribution in [0, 0.1) is 23.7 Å². The first kappa shape index (κ1) is 22.3. The van der Waals surface area contributed by atoms with Gasteiger partial charge in [-0.1, -0.05) is 53.4 Å². The van der Waals surface area contributed by atoms with E-state index in [0.717, 1.165) is 35.9 Å². The van der Waals surface area contributed by atoms with Gasteiger partial charge < -0.3 is 4.90 Å². The number of halogens is 2. The standard InChI is InChI=1S/C27H23Cl2N3/c1-3-20-6-13-26(25(29)16-20)32-15-14-31(18-27(32)23-9-11-24(28)12-10-23)19(2)22-7-4-21(17-30)5-8-22/h1,4-13,16,19,27H,14-15,18H2,2H3. The summed E-state index contributed by atoms with van der Waals surface area (Å²) >= 11 is 12.8. The predicted octanol–water partition coefficient (Wildman–Crippen LogP) is 6.47. The number of nitrogens with zero attached hydrogens (tertiary/aromatic N) is 3. The van der Waals surface area contributed by atoms with Crippen molar-refractivity contribution in [3.63, 3.8) is 0 Å². The van der Waals surface area contributed by atoms with E-state index >= 15 is 0 Å².